The van der Waals surface area contributed by atoms with Gasteiger partial charge in [0.05, 0.1) is 16.3 Å². The highest BCUT2D eigenvalue weighted by Crippen LogP contribution is 2.25. The highest BCUT2D eigenvalue weighted by molar-refractivity contribution is 8.00. The van der Waals surface area contributed by atoms with Gasteiger partial charge in [0.1, 0.15) is 0 Å². The number of pyridine rings is 1. The fraction of sp³-hybridized carbons (Fsp3) is 0.273. The van der Waals surface area contributed by atoms with E-state index in [1.54, 1.807) is 0 Å². The molecule has 5 heteroatoms. The van der Waals surface area contributed by atoms with Crippen LogP contribution in [0.3, 0.4) is 0 Å². The summed E-state index contributed by atoms with van der Waals surface area (Å²) in [6, 6.07) is 18.7. The number of thioether (sulfide) groups is 2. The van der Waals surface area contributed by atoms with Gasteiger partial charge in [-0.05, 0) is 36.6 Å². The number of amides is 1. The summed E-state index contributed by atoms with van der Waals surface area (Å²) < 4.78 is 0. The number of fused-ring (bicyclic) bond motifs is 1. The number of para-hydroxylation sites is 1. The Morgan fingerprint density at radius 2 is 1.85 bits per heavy atom. The van der Waals surface area contributed by atoms with Gasteiger partial charge in [0.2, 0.25) is 5.91 Å². The van der Waals surface area contributed by atoms with Crippen molar-refractivity contribution in [3.05, 3.63) is 71.3 Å². The van der Waals surface area contributed by atoms with Crippen LogP contribution >= 0.6 is 23.5 Å². The Bertz CT molecular complexity index is 913. The molecule has 1 heterocycles. The average molecular weight is 397 g/mol. The fourth-order valence-electron chi connectivity index (χ4n) is 2.82. The maximum atomic E-state index is 12.1. The van der Waals surface area contributed by atoms with Crippen LogP contribution in [0.4, 0.5) is 0 Å². The molecule has 3 rings (SSSR count). The molecule has 0 unspecified atom stereocenters. The number of benzene rings is 2. The van der Waals surface area contributed by atoms with Crippen molar-refractivity contribution in [2.75, 3.05) is 18.1 Å². The molecule has 27 heavy (non-hydrogen) atoms. The van der Waals surface area contributed by atoms with E-state index in [4.69, 9.17) is 4.98 Å². The summed E-state index contributed by atoms with van der Waals surface area (Å²) in [5, 5.41) is 5.08. The second-order valence-corrected chi connectivity index (χ2v) is 8.53. The van der Waals surface area contributed by atoms with Crippen LogP contribution in [-0.4, -0.2) is 28.9 Å². The van der Waals surface area contributed by atoms with Crippen molar-refractivity contribution in [3.8, 4) is 0 Å². The van der Waals surface area contributed by atoms with Crippen LogP contribution in [0.25, 0.3) is 10.9 Å². The van der Waals surface area contributed by atoms with E-state index in [0.717, 1.165) is 27.6 Å². The second-order valence-electron chi connectivity index (χ2n) is 6.43. The zero-order chi connectivity index (χ0) is 19.1. The first-order valence-electron chi connectivity index (χ1n) is 9.01. The third-order valence-electron chi connectivity index (χ3n) is 4.26. The van der Waals surface area contributed by atoms with E-state index in [1.165, 1.54) is 28.3 Å². The molecule has 0 saturated carbocycles. The normalized spacial score (nSPS) is 10.9. The second kappa shape index (κ2) is 9.81. The molecule has 0 radical (unpaired) electrons. The molecule has 0 spiro atoms. The van der Waals surface area contributed by atoms with Crippen molar-refractivity contribution < 1.29 is 4.79 Å². The molecule has 3 aromatic rings. The monoisotopic (exact) mass is 396 g/mol. The van der Waals surface area contributed by atoms with Gasteiger partial charge in [-0.2, -0.15) is 11.8 Å². The molecule has 0 bridgehead atoms. The number of aryl methyl sites for hydroxylation is 2. The summed E-state index contributed by atoms with van der Waals surface area (Å²) in [5.41, 5.74) is 4.71. The molecule has 140 valence electrons. The first kappa shape index (κ1) is 19.8. The molecule has 1 aromatic heterocycles. The van der Waals surface area contributed by atoms with Crippen LogP contribution in [0.15, 0.2) is 59.6 Å². The molecule has 2 aromatic carbocycles. The average Bonchev–Trinajstić information content (AvgIpc) is 2.68. The van der Waals surface area contributed by atoms with Gasteiger partial charge in [0.25, 0.3) is 0 Å². The minimum absolute atomic E-state index is 0.0599. The lowest BCUT2D eigenvalue weighted by Crippen LogP contribution is -2.27. The predicted molar refractivity (Wildman–Crippen MR) is 118 cm³/mol. The predicted octanol–water partition coefficient (Wildman–Crippen LogP) is 4.99. The zero-order valence-corrected chi connectivity index (χ0v) is 17.3. The van der Waals surface area contributed by atoms with Gasteiger partial charge < -0.3 is 5.32 Å². The first-order chi connectivity index (χ1) is 13.1. The topological polar surface area (TPSA) is 42.0 Å². The van der Waals surface area contributed by atoms with Crippen molar-refractivity contribution in [2.24, 2.45) is 0 Å². The van der Waals surface area contributed by atoms with Gasteiger partial charge in [-0.25, -0.2) is 4.98 Å². The van der Waals surface area contributed by atoms with E-state index < -0.39 is 0 Å². The smallest absolute Gasteiger partial charge is 0.230 e. The maximum absolute atomic E-state index is 12.1. The van der Waals surface area contributed by atoms with Crippen LogP contribution in [0.5, 0.6) is 0 Å². The van der Waals surface area contributed by atoms with E-state index in [2.05, 4.69) is 67.7 Å². The third kappa shape index (κ3) is 5.75. The minimum atomic E-state index is 0.0599. The quantitative estimate of drug-likeness (QED) is 0.430. The highest BCUT2D eigenvalue weighted by atomic mass is 32.2. The molecule has 0 atom stereocenters. The Morgan fingerprint density at radius 3 is 2.67 bits per heavy atom. The van der Waals surface area contributed by atoms with Crippen molar-refractivity contribution >= 4 is 40.3 Å². The highest BCUT2D eigenvalue weighted by Gasteiger charge is 2.08. The Morgan fingerprint density at radius 1 is 1.04 bits per heavy atom. The molecule has 0 aliphatic carbocycles. The number of nitrogens with zero attached hydrogens (tertiary/aromatic N) is 1. The zero-order valence-electron chi connectivity index (χ0n) is 15.7. The number of carbonyl (C=O) groups excluding carboxylic acids is 1. The number of hydrogen-bond acceptors (Lipinski definition) is 4. The van der Waals surface area contributed by atoms with Crippen LogP contribution in [0, 0.1) is 13.8 Å². The summed E-state index contributed by atoms with van der Waals surface area (Å²) in [6.45, 7) is 4.86. The molecule has 0 aliphatic heterocycles. The van der Waals surface area contributed by atoms with E-state index in [-0.39, 0.29) is 5.91 Å². The first-order valence-corrected chi connectivity index (χ1v) is 11.2. The summed E-state index contributed by atoms with van der Waals surface area (Å²) in [6.07, 6.45) is 0. The van der Waals surface area contributed by atoms with Crippen molar-refractivity contribution in [1.29, 1.82) is 0 Å². The number of rotatable bonds is 8. The van der Waals surface area contributed by atoms with Gasteiger partial charge in [0.15, 0.2) is 0 Å². The van der Waals surface area contributed by atoms with Gasteiger partial charge in [-0.1, -0.05) is 60.3 Å². The lowest BCUT2D eigenvalue weighted by atomic mass is 10.1. The van der Waals surface area contributed by atoms with Crippen molar-refractivity contribution in [1.82, 2.24) is 10.3 Å². The Balaban J connectivity index is 1.42. The number of aromatic nitrogens is 1. The SMILES string of the molecule is Cc1cc(SCC(=O)NCCSCc2ccccc2)nc2c(C)cccc12. The summed E-state index contributed by atoms with van der Waals surface area (Å²) >= 11 is 3.33. The van der Waals surface area contributed by atoms with E-state index >= 15 is 0 Å². The summed E-state index contributed by atoms with van der Waals surface area (Å²) in [4.78, 5) is 16.8. The number of hydrogen-bond donors (Lipinski definition) is 1. The molecule has 0 aliphatic rings. The number of carbonyl (C=O) groups is 1. The summed E-state index contributed by atoms with van der Waals surface area (Å²) in [5.74, 6) is 2.35. The fourth-order valence-corrected chi connectivity index (χ4v) is 4.44. The Kier molecular flexibility index (Phi) is 7.18. The molecular weight excluding hydrogens is 372 g/mol. The van der Waals surface area contributed by atoms with Crippen LogP contribution in [-0.2, 0) is 10.5 Å². The molecule has 1 amide bonds. The van der Waals surface area contributed by atoms with Crippen LogP contribution < -0.4 is 5.32 Å². The van der Waals surface area contributed by atoms with Gasteiger partial charge in [0, 0.05) is 23.4 Å². The van der Waals surface area contributed by atoms with Crippen molar-refractivity contribution in [2.45, 2.75) is 24.6 Å². The minimum Gasteiger partial charge on any atom is -0.355 e. The lowest BCUT2D eigenvalue weighted by Gasteiger charge is -2.09. The summed E-state index contributed by atoms with van der Waals surface area (Å²) in [7, 11) is 0. The number of nitrogens with one attached hydrogen (secondary N) is 1. The van der Waals surface area contributed by atoms with Gasteiger partial charge >= 0.3 is 0 Å². The van der Waals surface area contributed by atoms with Crippen LogP contribution in [0.2, 0.25) is 0 Å². The lowest BCUT2D eigenvalue weighted by molar-refractivity contribution is -0.118. The van der Waals surface area contributed by atoms with Crippen LogP contribution in [0.1, 0.15) is 16.7 Å². The molecule has 3 nitrogen and oxygen atoms in total. The third-order valence-corrected chi connectivity index (χ3v) is 6.20. The molecule has 1 N–H and O–H groups in total. The molecule has 0 saturated heterocycles. The Labute approximate surface area is 169 Å². The van der Waals surface area contributed by atoms with E-state index in [1.807, 2.05) is 17.8 Å². The largest absolute Gasteiger partial charge is 0.355 e. The maximum Gasteiger partial charge on any atom is 0.230 e. The van der Waals surface area contributed by atoms with Crippen molar-refractivity contribution in [3.63, 3.8) is 0 Å². The van der Waals surface area contributed by atoms with Gasteiger partial charge in [-0.15, -0.1) is 0 Å². The Hall–Kier alpha value is -1.98. The van der Waals surface area contributed by atoms with E-state index in [9.17, 15) is 4.79 Å². The molecular formula is C22H24N2OS2. The molecule has 0 fully saturated rings. The van der Waals surface area contributed by atoms with Gasteiger partial charge in [-0.3, -0.25) is 4.79 Å². The van der Waals surface area contributed by atoms with E-state index in [0.29, 0.717) is 12.3 Å². The standard InChI is InChI=1S/C22H24N2OS2/c1-16-7-6-10-19-17(2)13-21(24-22(16)19)27-15-20(25)23-11-12-26-14-18-8-4-3-5-9-18/h3-10,13H,11-12,14-15H2,1-2H3,(H,23,25).